The van der Waals surface area contributed by atoms with Crippen LogP contribution in [-0.2, 0) is 9.53 Å². The largest absolute Gasteiger partial charge is 0.377 e. The van der Waals surface area contributed by atoms with Crippen molar-refractivity contribution in [2.75, 3.05) is 13.2 Å². The van der Waals surface area contributed by atoms with Crippen molar-refractivity contribution in [3.63, 3.8) is 0 Å². The average Bonchev–Trinajstić information content (AvgIpc) is 3.06. The summed E-state index contributed by atoms with van der Waals surface area (Å²) in [4.78, 5) is 14.5. The molecule has 1 saturated heterocycles. The molecule has 1 amide bonds. The quantitative estimate of drug-likeness (QED) is 0.802. The van der Waals surface area contributed by atoms with Crippen molar-refractivity contribution >= 4 is 17.2 Å². The number of unbranched alkanes of at least 4 members (excludes halogenated alkanes) is 1. The Kier molecular flexibility index (Phi) is 6.21. The van der Waals surface area contributed by atoms with Gasteiger partial charge >= 0.3 is 0 Å². The molecule has 2 rings (SSSR count). The smallest absolute Gasteiger partial charge is 0.241 e. The van der Waals surface area contributed by atoms with E-state index in [0.29, 0.717) is 13.2 Å². The maximum absolute atomic E-state index is 12.6. The minimum atomic E-state index is -0.0473. The predicted octanol–water partition coefficient (Wildman–Crippen LogP) is 3.16. The fourth-order valence-corrected chi connectivity index (χ4v) is 3.31. The second kappa shape index (κ2) is 7.92. The summed E-state index contributed by atoms with van der Waals surface area (Å²) in [5.74, 6) is 0.215. The molecule has 1 fully saturated rings. The molecule has 118 valence electrons. The molecule has 2 atom stereocenters. The molecule has 0 aromatic carbocycles. The molecule has 5 heteroatoms. The van der Waals surface area contributed by atoms with Gasteiger partial charge in [0.05, 0.1) is 18.8 Å². The zero-order chi connectivity index (χ0) is 15.2. The molecule has 1 aliphatic heterocycles. The fraction of sp³-hybridized carbons (Fsp3) is 0.688. The third-order valence-corrected chi connectivity index (χ3v) is 4.44. The first-order valence-electron chi connectivity index (χ1n) is 7.83. The van der Waals surface area contributed by atoms with Crippen molar-refractivity contribution < 1.29 is 9.53 Å². The number of thiophene rings is 1. The number of hydrogen-bond donors (Lipinski definition) is 1. The molecule has 0 saturated carbocycles. The number of hydrogen-bond acceptors (Lipinski definition) is 4. The van der Waals surface area contributed by atoms with E-state index in [-0.39, 0.29) is 24.2 Å². The van der Waals surface area contributed by atoms with Crippen molar-refractivity contribution in [1.82, 2.24) is 10.2 Å². The summed E-state index contributed by atoms with van der Waals surface area (Å²) in [6.45, 7) is 7.43. The SMILES string of the molecule is CCCCC1NC(c2ccsc2)N(CCOC(C)C)C1=O. The van der Waals surface area contributed by atoms with Crippen LogP contribution in [0.4, 0.5) is 0 Å². The molecule has 0 aliphatic carbocycles. The molecule has 2 unspecified atom stereocenters. The second-order valence-electron chi connectivity index (χ2n) is 5.77. The van der Waals surface area contributed by atoms with E-state index in [2.05, 4.69) is 29.1 Å². The monoisotopic (exact) mass is 310 g/mol. The lowest BCUT2D eigenvalue weighted by Gasteiger charge is -2.24. The molecule has 1 aromatic rings. The second-order valence-corrected chi connectivity index (χ2v) is 6.55. The molecular formula is C16H26N2O2S. The Labute approximate surface area is 131 Å². The summed E-state index contributed by atoms with van der Waals surface area (Å²) in [6, 6.07) is 2.04. The number of nitrogens with one attached hydrogen (secondary N) is 1. The van der Waals surface area contributed by atoms with Gasteiger partial charge in [-0.2, -0.15) is 11.3 Å². The van der Waals surface area contributed by atoms with Crippen LogP contribution < -0.4 is 5.32 Å². The van der Waals surface area contributed by atoms with Gasteiger partial charge < -0.3 is 9.64 Å². The minimum absolute atomic E-state index is 0.00127. The van der Waals surface area contributed by atoms with Gasteiger partial charge in [0.2, 0.25) is 5.91 Å². The molecule has 0 radical (unpaired) electrons. The first-order chi connectivity index (χ1) is 10.1. The Morgan fingerprint density at radius 1 is 1.48 bits per heavy atom. The van der Waals surface area contributed by atoms with Gasteiger partial charge in [0.1, 0.15) is 6.17 Å². The summed E-state index contributed by atoms with van der Waals surface area (Å²) >= 11 is 1.67. The first kappa shape index (κ1) is 16.5. The topological polar surface area (TPSA) is 41.6 Å². The predicted molar refractivity (Wildman–Crippen MR) is 86.3 cm³/mol. The van der Waals surface area contributed by atoms with Gasteiger partial charge in [0.15, 0.2) is 0 Å². The molecule has 2 heterocycles. The molecule has 0 bridgehead atoms. The Hall–Kier alpha value is -0.910. The van der Waals surface area contributed by atoms with Crippen LogP contribution in [0.2, 0.25) is 0 Å². The minimum Gasteiger partial charge on any atom is -0.377 e. The van der Waals surface area contributed by atoms with Gasteiger partial charge in [-0.05, 0) is 42.7 Å². The highest BCUT2D eigenvalue weighted by molar-refractivity contribution is 7.07. The van der Waals surface area contributed by atoms with Gasteiger partial charge in [-0.1, -0.05) is 19.8 Å². The first-order valence-corrected chi connectivity index (χ1v) is 8.78. The molecular weight excluding hydrogens is 284 g/mol. The third kappa shape index (κ3) is 4.28. The van der Waals surface area contributed by atoms with E-state index >= 15 is 0 Å². The van der Waals surface area contributed by atoms with E-state index in [9.17, 15) is 4.79 Å². The third-order valence-electron chi connectivity index (χ3n) is 3.74. The molecule has 1 aliphatic rings. The Morgan fingerprint density at radius 2 is 2.29 bits per heavy atom. The lowest BCUT2D eigenvalue weighted by atomic mass is 10.1. The van der Waals surface area contributed by atoms with Crippen molar-refractivity contribution in [3.8, 4) is 0 Å². The van der Waals surface area contributed by atoms with Gasteiger partial charge in [-0.3, -0.25) is 10.1 Å². The normalized spacial score (nSPS) is 22.5. The van der Waals surface area contributed by atoms with Crippen molar-refractivity contribution in [2.24, 2.45) is 0 Å². The number of carbonyl (C=O) groups excluding carboxylic acids is 1. The lowest BCUT2D eigenvalue weighted by Crippen LogP contribution is -2.34. The molecule has 1 N–H and O–H groups in total. The summed E-state index contributed by atoms with van der Waals surface area (Å²) in [5.41, 5.74) is 1.18. The van der Waals surface area contributed by atoms with Crippen LogP contribution in [0.25, 0.3) is 0 Å². The molecule has 1 aromatic heterocycles. The fourth-order valence-electron chi connectivity index (χ4n) is 2.63. The van der Waals surface area contributed by atoms with Gasteiger partial charge in [0, 0.05) is 6.54 Å². The van der Waals surface area contributed by atoms with Crippen molar-refractivity contribution in [1.29, 1.82) is 0 Å². The summed E-state index contributed by atoms with van der Waals surface area (Å²) in [5, 5.41) is 7.67. The Balaban J connectivity index is 2.03. The summed E-state index contributed by atoms with van der Waals surface area (Å²) < 4.78 is 5.62. The van der Waals surface area contributed by atoms with Crippen LogP contribution in [0.15, 0.2) is 16.8 Å². The van der Waals surface area contributed by atoms with E-state index in [1.807, 2.05) is 18.7 Å². The molecule has 0 spiro atoms. The number of amides is 1. The summed E-state index contributed by atoms with van der Waals surface area (Å²) in [7, 11) is 0. The number of ether oxygens (including phenoxy) is 1. The summed E-state index contributed by atoms with van der Waals surface area (Å²) in [6.07, 6.45) is 3.31. The van der Waals surface area contributed by atoms with Crippen LogP contribution in [0.3, 0.4) is 0 Å². The van der Waals surface area contributed by atoms with Gasteiger partial charge in [0.25, 0.3) is 0 Å². The van der Waals surface area contributed by atoms with E-state index < -0.39 is 0 Å². The average molecular weight is 310 g/mol. The highest BCUT2D eigenvalue weighted by Crippen LogP contribution is 2.28. The van der Waals surface area contributed by atoms with Crippen molar-refractivity contribution in [3.05, 3.63) is 22.4 Å². The molecule has 21 heavy (non-hydrogen) atoms. The van der Waals surface area contributed by atoms with Gasteiger partial charge in [-0.15, -0.1) is 0 Å². The van der Waals surface area contributed by atoms with E-state index in [1.165, 1.54) is 5.56 Å². The highest BCUT2D eigenvalue weighted by Gasteiger charge is 2.38. The zero-order valence-electron chi connectivity index (χ0n) is 13.2. The number of carbonyl (C=O) groups is 1. The number of rotatable bonds is 8. The van der Waals surface area contributed by atoms with Crippen LogP contribution in [0.1, 0.15) is 51.8 Å². The van der Waals surface area contributed by atoms with E-state index in [4.69, 9.17) is 4.74 Å². The van der Waals surface area contributed by atoms with Crippen LogP contribution >= 0.6 is 11.3 Å². The van der Waals surface area contributed by atoms with Gasteiger partial charge in [-0.25, -0.2) is 0 Å². The Morgan fingerprint density at radius 3 is 2.90 bits per heavy atom. The molecule has 4 nitrogen and oxygen atoms in total. The zero-order valence-corrected chi connectivity index (χ0v) is 14.0. The maximum Gasteiger partial charge on any atom is 0.241 e. The maximum atomic E-state index is 12.6. The van der Waals surface area contributed by atoms with Crippen LogP contribution in [0.5, 0.6) is 0 Å². The van der Waals surface area contributed by atoms with E-state index in [0.717, 1.165) is 19.3 Å². The standard InChI is InChI=1S/C16H26N2O2S/c1-4-5-6-14-16(19)18(8-9-20-12(2)3)15(17-14)13-7-10-21-11-13/h7,10-12,14-15,17H,4-6,8-9H2,1-3H3. The number of nitrogens with zero attached hydrogens (tertiary/aromatic N) is 1. The van der Waals surface area contributed by atoms with Crippen molar-refractivity contribution in [2.45, 2.75) is 58.3 Å². The van der Waals surface area contributed by atoms with Crippen LogP contribution in [-0.4, -0.2) is 36.1 Å². The Bertz CT molecular complexity index is 433. The highest BCUT2D eigenvalue weighted by atomic mass is 32.1. The van der Waals surface area contributed by atoms with Crippen LogP contribution in [0, 0.1) is 0 Å². The lowest BCUT2D eigenvalue weighted by molar-refractivity contribution is -0.131. The van der Waals surface area contributed by atoms with E-state index in [1.54, 1.807) is 11.3 Å².